The van der Waals surface area contributed by atoms with Gasteiger partial charge in [0.1, 0.15) is 11.5 Å². The molecule has 0 aliphatic carbocycles. The smallest absolute Gasteiger partial charge is 0.343 e. The summed E-state index contributed by atoms with van der Waals surface area (Å²) >= 11 is 0. The van der Waals surface area contributed by atoms with Gasteiger partial charge in [0.15, 0.2) is 11.5 Å². The van der Waals surface area contributed by atoms with Gasteiger partial charge in [0.2, 0.25) is 6.79 Å². The van der Waals surface area contributed by atoms with Crippen LogP contribution in [0.25, 0.3) is 0 Å². The predicted octanol–water partition coefficient (Wildman–Crippen LogP) is 3.42. The molecule has 0 amide bonds. The van der Waals surface area contributed by atoms with E-state index >= 15 is 0 Å². The molecule has 1 aliphatic heterocycles. The highest BCUT2D eigenvalue weighted by atomic mass is 16.7. The van der Waals surface area contributed by atoms with Crippen LogP contribution in [0.2, 0.25) is 0 Å². The largest absolute Gasteiger partial charge is 0.491 e. The highest BCUT2D eigenvalue weighted by Gasteiger charge is 2.16. The second-order valence-electron chi connectivity index (χ2n) is 5.10. The monoisotopic (exact) mass is 300 g/mol. The zero-order chi connectivity index (χ0) is 15.5. The third kappa shape index (κ3) is 3.14. The molecule has 0 fully saturated rings. The van der Waals surface area contributed by atoms with E-state index in [0.717, 1.165) is 5.75 Å². The lowest BCUT2D eigenvalue weighted by molar-refractivity contribution is 0.0734. The third-order valence-corrected chi connectivity index (χ3v) is 3.02. The van der Waals surface area contributed by atoms with Gasteiger partial charge in [0.25, 0.3) is 0 Å². The number of esters is 1. The first-order chi connectivity index (χ1) is 10.6. The van der Waals surface area contributed by atoms with E-state index in [1.54, 1.807) is 42.5 Å². The SMILES string of the molecule is CC(C)Oc1ccc(C(=O)Oc2ccc3c(c2)OCO3)cc1. The number of carbonyl (C=O) groups is 1. The molecule has 0 aromatic heterocycles. The average molecular weight is 300 g/mol. The molecule has 22 heavy (non-hydrogen) atoms. The normalized spacial score (nSPS) is 12.3. The van der Waals surface area contributed by atoms with Gasteiger partial charge in [-0.3, -0.25) is 0 Å². The summed E-state index contributed by atoms with van der Waals surface area (Å²) in [6.45, 7) is 4.08. The zero-order valence-electron chi connectivity index (χ0n) is 12.4. The van der Waals surface area contributed by atoms with E-state index < -0.39 is 5.97 Å². The van der Waals surface area contributed by atoms with Gasteiger partial charge in [0.05, 0.1) is 11.7 Å². The van der Waals surface area contributed by atoms with Crippen LogP contribution in [0.3, 0.4) is 0 Å². The van der Waals surface area contributed by atoms with Gasteiger partial charge >= 0.3 is 5.97 Å². The molecule has 1 heterocycles. The van der Waals surface area contributed by atoms with E-state index in [1.165, 1.54) is 0 Å². The Kier molecular flexibility index (Phi) is 3.87. The summed E-state index contributed by atoms with van der Waals surface area (Å²) in [6.07, 6.45) is 0.0893. The molecule has 114 valence electrons. The number of benzene rings is 2. The van der Waals surface area contributed by atoms with Crippen LogP contribution in [0.5, 0.6) is 23.0 Å². The second kappa shape index (κ2) is 5.97. The van der Waals surface area contributed by atoms with Gasteiger partial charge in [0, 0.05) is 6.07 Å². The number of fused-ring (bicyclic) bond motifs is 1. The van der Waals surface area contributed by atoms with Crippen molar-refractivity contribution >= 4 is 5.97 Å². The minimum atomic E-state index is -0.435. The summed E-state index contributed by atoms with van der Waals surface area (Å²) in [5.41, 5.74) is 0.453. The first kappa shape index (κ1) is 14.3. The van der Waals surface area contributed by atoms with Crippen LogP contribution in [0.1, 0.15) is 24.2 Å². The van der Waals surface area contributed by atoms with Crippen LogP contribution in [-0.2, 0) is 0 Å². The number of hydrogen-bond donors (Lipinski definition) is 0. The maximum atomic E-state index is 12.1. The summed E-state index contributed by atoms with van der Waals surface area (Å²) in [4.78, 5) is 12.1. The molecule has 0 bridgehead atoms. The molecule has 1 aliphatic rings. The Morgan fingerprint density at radius 1 is 1.00 bits per heavy atom. The lowest BCUT2D eigenvalue weighted by Gasteiger charge is -2.10. The maximum Gasteiger partial charge on any atom is 0.343 e. The highest BCUT2D eigenvalue weighted by molar-refractivity contribution is 5.91. The molecule has 0 N–H and O–H groups in total. The van der Waals surface area contributed by atoms with Crippen molar-refractivity contribution in [1.82, 2.24) is 0 Å². The lowest BCUT2D eigenvalue weighted by atomic mass is 10.2. The average Bonchev–Trinajstić information content (AvgIpc) is 2.95. The van der Waals surface area contributed by atoms with Gasteiger partial charge in [-0.1, -0.05) is 0 Å². The van der Waals surface area contributed by atoms with Crippen LogP contribution in [-0.4, -0.2) is 18.9 Å². The summed E-state index contributed by atoms with van der Waals surface area (Å²) in [5.74, 6) is 1.92. The number of ether oxygens (including phenoxy) is 4. The molecule has 0 saturated heterocycles. The van der Waals surface area contributed by atoms with E-state index in [-0.39, 0.29) is 12.9 Å². The number of rotatable bonds is 4. The molecule has 0 saturated carbocycles. The van der Waals surface area contributed by atoms with Crippen molar-refractivity contribution in [2.45, 2.75) is 20.0 Å². The van der Waals surface area contributed by atoms with Crippen molar-refractivity contribution in [2.75, 3.05) is 6.79 Å². The van der Waals surface area contributed by atoms with E-state index in [9.17, 15) is 4.79 Å². The molecular weight excluding hydrogens is 284 g/mol. The molecule has 0 atom stereocenters. The Morgan fingerprint density at radius 2 is 1.68 bits per heavy atom. The van der Waals surface area contributed by atoms with E-state index in [0.29, 0.717) is 22.8 Å². The first-order valence-corrected chi connectivity index (χ1v) is 7.00. The van der Waals surface area contributed by atoms with Gasteiger partial charge in [-0.2, -0.15) is 0 Å². The molecule has 2 aromatic carbocycles. The van der Waals surface area contributed by atoms with Crippen molar-refractivity contribution < 1.29 is 23.7 Å². The van der Waals surface area contributed by atoms with Crippen molar-refractivity contribution in [2.24, 2.45) is 0 Å². The molecule has 3 rings (SSSR count). The van der Waals surface area contributed by atoms with Gasteiger partial charge in [-0.15, -0.1) is 0 Å². The van der Waals surface area contributed by atoms with Crippen LogP contribution >= 0.6 is 0 Å². The van der Waals surface area contributed by atoms with Gasteiger partial charge < -0.3 is 18.9 Å². The predicted molar refractivity (Wildman–Crippen MR) is 79.7 cm³/mol. The van der Waals surface area contributed by atoms with E-state index in [4.69, 9.17) is 18.9 Å². The minimum absolute atomic E-state index is 0.0893. The molecule has 2 aromatic rings. The fourth-order valence-corrected chi connectivity index (χ4v) is 2.05. The summed E-state index contributed by atoms with van der Waals surface area (Å²) in [7, 11) is 0. The first-order valence-electron chi connectivity index (χ1n) is 7.00. The Morgan fingerprint density at radius 3 is 2.41 bits per heavy atom. The van der Waals surface area contributed by atoms with Crippen molar-refractivity contribution in [3.63, 3.8) is 0 Å². The van der Waals surface area contributed by atoms with Gasteiger partial charge in [-0.05, 0) is 50.2 Å². The summed E-state index contributed by atoms with van der Waals surface area (Å²) in [6, 6.07) is 11.9. The third-order valence-electron chi connectivity index (χ3n) is 3.02. The number of hydrogen-bond acceptors (Lipinski definition) is 5. The molecule has 0 radical (unpaired) electrons. The summed E-state index contributed by atoms with van der Waals surface area (Å²) < 4.78 is 21.3. The Bertz CT molecular complexity index is 676. The summed E-state index contributed by atoms with van der Waals surface area (Å²) in [5, 5.41) is 0. The van der Waals surface area contributed by atoms with Crippen molar-refractivity contribution in [3.05, 3.63) is 48.0 Å². The van der Waals surface area contributed by atoms with Crippen molar-refractivity contribution in [3.8, 4) is 23.0 Å². The Hall–Kier alpha value is -2.69. The van der Waals surface area contributed by atoms with Crippen LogP contribution in [0.4, 0.5) is 0 Å². The minimum Gasteiger partial charge on any atom is -0.491 e. The molecule has 0 spiro atoms. The molecule has 5 nitrogen and oxygen atoms in total. The van der Waals surface area contributed by atoms with E-state index in [2.05, 4.69) is 0 Å². The van der Waals surface area contributed by atoms with Crippen LogP contribution < -0.4 is 18.9 Å². The van der Waals surface area contributed by atoms with E-state index in [1.807, 2.05) is 13.8 Å². The zero-order valence-corrected chi connectivity index (χ0v) is 12.4. The lowest BCUT2D eigenvalue weighted by Crippen LogP contribution is -2.09. The van der Waals surface area contributed by atoms with Crippen LogP contribution in [0.15, 0.2) is 42.5 Å². The van der Waals surface area contributed by atoms with Gasteiger partial charge in [-0.25, -0.2) is 4.79 Å². The second-order valence-corrected chi connectivity index (χ2v) is 5.10. The number of carbonyl (C=O) groups excluding carboxylic acids is 1. The molecule has 0 unspecified atom stereocenters. The maximum absolute atomic E-state index is 12.1. The molecular formula is C17H16O5. The topological polar surface area (TPSA) is 54.0 Å². The standard InChI is InChI=1S/C17H16O5/c1-11(2)21-13-5-3-12(4-6-13)17(18)22-14-7-8-15-16(9-14)20-10-19-15/h3-9,11H,10H2,1-2H3. The molecule has 5 heteroatoms. The fraction of sp³-hybridized carbons (Fsp3) is 0.235. The Labute approximate surface area is 128 Å². The van der Waals surface area contributed by atoms with Crippen LogP contribution in [0, 0.1) is 0 Å². The Balaban J connectivity index is 1.69. The fourth-order valence-electron chi connectivity index (χ4n) is 2.05. The quantitative estimate of drug-likeness (QED) is 0.639. The highest BCUT2D eigenvalue weighted by Crippen LogP contribution is 2.35. The van der Waals surface area contributed by atoms with Crippen molar-refractivity contribution in [1.29, 1.82) is 0 Å².